The molecule has 1 aromatic carbocycles. The van der Waals surface area contributed by atoms with Crippen LogP contribution in [0.25, 0.3) is 0 Å². The number of amides is 1. The smallest absolute Gasteiger partial charge is 0.307 e. The van der Waals surface area contributed by atoms with E-state index in [0.29, 0.717) is 12.0 Å². The summed E-state index contributed by atoms with van der Waals surface area (Å²) in [6, 6.07) is 6.60. The van der Waals surface area contributed by atoms with Crippen molar-refractivity contribution in [3.05, 3.63) is 35.4 Å². The van der Waals surface area contributed by atoms with Crippen LogP contribution < -0.4 is 5.32 Å². The number of hydrogen-bond donors (Lipinski definition) is 1. The van der Waals surface area contributed by atoms with Crippen molar-refractivity contribution in [2.24, 2.45) is 0 Å². The third-order valence-electron chi connectivity index (χ3n) is 4.19. The molecule has 0 spiro atoms. The van der Waals surface area contributed by atoms with Gasteiger partial charge in [-0.2, -0.15) is 0 Å². The van der Waals surface area contributed by atoms with E-state index in [2.05, 4.69) is 5.32 Å². The summed E-state index contributed by atoms with van der Waals surface area (Å²) >= 11 is 0. The fourth-order valence-electron chi connectivity index (χ4n) is 2.64. The molecule has 142 valence electrons. The normalized spacial score (nSPS) is 19.5. The minimum absolute atomic E-state index is 0.00288. The molecule has 0 saturated carbocycles. The number of hydrogen-bond acceptors (Lipinski definition) is 6. The Bertz CT molecular complexity index is 784. The zero-order valence-corrected chi connectivity index (χ0v) is 15.7. The Morgan fingerprint density at radius 1 is 1.19 bits per heavy atom. The van der Waals surface area contributed by atoms with Crippen molar-refractivity contribution in [3.63, 3.8) is 0 Å². The largest absolute Gasteiger partial charge is 0.453 e. The highest BCUT2D eigenvalue weighted by molar-refractivity contribution is 7.91. The van der Waals surface area contributed by atoms with E-state index in [1.807, 2.05) is 19.1 Å². The molecule has 1 saturated heterocycles. The summed E-state index contributed by atoms with van der Waals surface area (Å²) in [5.41, 5.74) is 1.56. The molecule has 1 heterocycles. The lowest BCUT2D eigenvalue weighted by Crippen LogP contribution is -2.42. The molecule has 1 N–H and O–H groups in total. The number of Topliss-reactive ketones (excluding diaryl/α,β-unsaturated/α-hetero) is 1. The summed E-state index contributed by atoms with van der Waals surface area (Å²) in [5.74, 6) is -1.40. The maximum Gasteiger partial charge on any atom is 0.307 e. The molecule has 2 atom stereocenters. The van der Waals surface area contributed by atoms with E-state index in [-0.39, 0.29) is 30.1 Å². The molecule has 8 heteroatoms. The molecule has 0 bridgehead atoms. The lowest BCUT2D eigenvalue weighted by atomic mass is 10.1. The lowest BCUT2D eigenvalue weighted by Gasteiger charge is -2.16. The fraction of sp³-hybridized carbons (Fsp3) is 0.500. The van der Waals surface area contributed by atoms with Gasteiger partial charge in [0.25, 0.3) is 5.91 Å². The van der Waals surface area contributed by atoms with E-state index in [1.54, 1.807) is 12.1 Å². The first-order valence-corrected chi connectivity index (χ1v) is 10.3. The van der Waals surface area contributed by atoms with Crippen LogP contribution in [-0.2, 0) is 24.2 Å². The molecule has 7 nitrogen and oxygen atoms in total. The average Bonchev–Trinajstić information content (AvgIpc) is 2.91. The zero-order chi connectivity index (χ0) is 19.3. The van der Waals surface area contributed by atoms with E-state index < -0.39 is 33.9 Å². The van der Waals surface area contributed by atoms with Gasteiger partial charge in [-0.15, -0.1) is 0 Å². The van der Waals surface area contributed by atoms with Crippen molar-refractivity contribution in [2.45, 2.75) is 45.3 Å². The Balaban J connectivity index is 1.75. The van der Waals surface area contributed by atoms with Crippen LogP contribution in [0.5, 0.6) is 0 Å². The van der Waals surface area contributed by atoms with Crippen LogP contribution in [0.3, 0.4) is 0 Å². The molecular formula is C18H23NO6S. The number of ether oxygens (including phenoxy) is 1. The highest BCUT2D eigenvalue weighted by Crippen LogP contribution is 2.12. The molecule has 0 aliphatic carbocycles. The summed E-state index contributed by atoms with van der Waals surface area (Å²) in [5, 5.41) is 2.57. The van der Waals surface area contributed by atoms with Crippen molar-refractivity contribution in [1.82, 2.24) is 5.32 Å². The number of nitrogens with one attached hydrogen (secondary N) is 1. The Morgan fingerprint density at radius 2 is 1.85 bits per heavy atom. The maximum absolute atomic E-state index is 12.0. The van der Waals surface area contributed by atoms with Crippen LogP contribution in [0.4, 0.5) is 0 Å². The van der Waals surface area contributed by atoms with E-state index in [4.69, 9.17) is 4.74 Å². The molecule has 1 fully saturated rings. The second kappa shape index (κ2) is 8.44. The molecule has 1 aliphatic rings. The molecule has 1 amide bonds. The van der Waals surface area contributed by atoms with Crippen LogP contribution >= 0.6 is 0 Å². The monoisotopic (exact) mass is 381 g/mol. The fourth-order valence-corrected chi connectivity index (χ4v) is 4.31. The van der Waals surface area contributed by atoms with Gasteiger partial charge in [-0.3, -0.25) is 14.4 Å². The van der Waals surface area contributed by atoms with Gasteiger partial charge in [-0.25, -0.2) is 8.42 Å². The summed E-state index contributed by atoms with van der Waals surface area (Å²) in [6.45, 7) is 3.33. The van der Waals surface area contributed by atoms with Gasteiger partial charge in [0.05, 0.1) is 17.9 Å². The van der Waals surface area contributed by atoms with Crippen LogP contribution in [0.2, 0.25) is 0 Å². The van der Waals surface area contributed by atoms with Gasteiger partial charge < -0.3 is 10.1 Å². The first-order valence-electron chi connectivity index (χ1n) is 8.46. The molecule has 0 unspecified atom stereocenters. The molecule has 2 rings (SSSR count). The Hall–Kier alpha value is -2.22. The van der Waals surface area contributed by atoms with Gasteiger partial charge in [-0.1, -0.05) is 29.8 Å². The van der Waals surface area contributed by atoms with Gasteiger partial charge in [0, 0.05) is 18.0 Å². The predicted octanol–water partition coefficient (Wildman–Crippen LogP) is 1.19. The van der Waals surface area contributed by atoms with E-state index in [9.17, 15) is 22.8 Å². The summed E-state index contributed by atoms with van der Waals surface area (Å²) in [7, 11) is -3.10. The first-order chi connectivity index (χ1) is 12.2. The number of carbonyl (C=O) groups excluding carboxylic acids is 3. The number of ketones is 1. The van der Waals surface area contributed by atoms with Crippen molar-refractivity contribution in [3.8, 4) is 0 Å². The number of sulfone groups is 1. The third-order valence-corrected chi connectivity index (χ3v) is 5.95. The third kappa shape index (κ3) is 5.94. The zero-order valence-electron chi connectivity index (χ0n) is 14.9. The molecule has 0 aromatic heterocycles. The second-order valence-electron chi connectivity index (χ2n) is 6.53. The van der Waals surface area contributed by atoms with E-state index in [0.717, 1.165) is 5.56 Å². The predicted molar refractivity (Wildman–Crippen MR) is 95.5 cm³/mol. The number of carbonyl (C=O) groups is 3. The lowest BCUT2D eigenvalue weighted by molar-refractivity contribution is -0.154. The molecule has 26 heavy (non-hydrogen) atoms. The van der Waals surface area contributed by atoms with Gasteiger partial charge in [0.15, 0.2) is 21.7 Å². The maximum atomic E-state index is 12.0. The highest BCUT2D eigenvalue weighted by Gasteiger charge is 2.30. The number of aryl methyl sites for hydroxylation is 1. The Kier molecular flexibility index (Phi) is 6.52. The van der Waals surface area contributed by atoms with E-state index >= 15 is 0 Å². The summed E-state index contributed by atoms with van der Waals surface area (Å²) in [6.07, 6.45) is -0.806. The standard InChI is InChI=1S/C18H23NO6S/c1-12-3-5-14(6-4-12)16(20)7-8-17(21)25-13(2)18(22)19-15-9-10-26(23,24)11-15/h3-6,13,15H,7-11H2,1-2H3,(H,19,22)/t13-,15+/m1/s1. The van der Waals surface area contributed by atoms with Gasteiger partial charge in [0.2, 0.25) is 0 Å². The van der Waals surface area contributed by atoms with Crippen molar-refractivity contribution < 1.29 is 27.5 Å². The quantitative estimate of drug-likeness (QED) is 0.562. The Morgan fingerprint density at radius 3 is 2.42 bits per heavy atom. The SMILES string of the molecule is Cc1ccc(C(=O)CCC(=O)O[C@H](C)C(=O)N[C@H]2CCS(=O)(=O)C2)cc1. The average molecular weight is 381 g/mol. The second-order valence-corrected chi connectivity index (χ2v) is 8.76. The highest BCUT2D eigenvalue weighted by atomic mass is 32.2. The molecule has 0 radical (unpaired) electrons. The summed E-state index contributed by atoms with van der Waals surface area (Å²) in [4.78, 5) is 35.9. The number of rotatable bonds is 7. The van der Waals surface area contributed by atoms with E-state index in [1.165, 1.54) is 6.92 Å². The Labute approximate surface area is 153 Å². The minimum atomic E-state index is -3.10. The van der Waals surface area contributed by atoms with Crippen LogP contribution in [-0.4, -0.2) is 49.7 Å². The topological polar surface area (TPSA) is 107 Å². The number of benzene rings is 1. The van der Waals surface area contributed by atoms with Gasteiger partial charge in [0.1, 0.15) is 0 Å². The summed E-state index contributed by atoms with van der Waals surface area (Å²) < 4.78 is 27.8. The molecule has 1 aliphatic heterocycles. The molecule has 1 aromatic rings. The van der Waals surface area contributed by atoms with Crippen molar-refractivity contribution in [2.75, 3.05) is 11.5 Å². The van der Waals surface area contributed by atoms with Crippen LogP contribution in [0.15, 0.2) is 24.3 Å². The first kappa shape index (κ1) is 20.1. The van der Waals surface area contributed by atoms with Crippen LogP contribution in [0.1, 0.15) is 42.1 Å². The van der Waals surface area contributed by atoms with Crippen LogP contribution in [0, 0.1) is 6.92 Å². The van der Waals surface area contributed by atoms with Crippen molar-refractivity contribution in [1.29, 1.82) is 0 Å². The van der Waals surface area contributed by atoms with Gasteiger partial charge >= 0.3 is 5.97 Å². The van der Waals surface area contributed by atoms with Crippen molar-refractivity contribution >= 4 is 27.5 Å². The number of esters is 1. The van der Waals surface area contributed by atoms with Gasteiger partial charge in [-0.05, 0) is 20.3 Å². The minimum Gasteiger partial charge on any atom is -0.453 e. The molecular weight excluding hydrogens is 358 g/mol.